The summed E-state index contributed by atoms with van der Waals surface area (Å²) < 4.78 is 27.2. The maximum Gasteiger partial charge on any atom is 0.251 e. The van der Waals surface area contributed by atoms with Gasteiger partial charge in [0.15, 0.2) is 0 Å². The highest BCUT2D eigenvalue weighted by molar-refractivity contribution is 7.89. The second-order valence-electron chi connectivity index (χ2n) is 7.29. The minimum absolute atomic E-state index is 0.0352. The van der Waals surface area contributed by atoms with Crippen molar-refractivity contribution in [1.29, 1.82) is 0 Å². The summed E-state index contributed by atoms with van der Waals surface area (Å²) in [7, 11) is -3.48. The summed E-state index contributed by atoms with van der Waals surface area (Å²) in [4.78, 5) is 12.6. The average Bonchev–Trinajstić information content (AvgIpc) is 2.63. The van der Waals surface area contributed by atoms with Crippen molar-refractivity contribution < 1.29 is 13.2 Å². The van der Waals surface area contributed by atoms with E-state index in [0.717, 1.165) is 44.9 Å². The molecule has 2 aliphatic rings. The average molecular weight is 365 g/mol. The molecular formula is C19H28N2O3S. The van der Waals surface area contributed by atoms with Crippen LogP contribution >= 0.6 is 0 Å². The van der Waals surface area contributed by atoms with Crippen LogP contribution in [0, 0.1) is 0 Å². The third-order valence-corrected chi connectivity index (χ3v) is 7.43. The molecule has 1 amide bonds. The van der Waals surface area contributed by atoms with Gasteiger partial charge in [0.1, 0.15) is 0 Å². The molecule has 1 aliphatic heterocycles. The lowest BCUT2D eigenvalue weighted by Gasteiger charge is -2.32. The Morgan fingerprint density at radius 1 is 1.00 bits per heavy atom. The molecule has 1 aromatic rings. The second-order valence-corrected chi connectivity index (χ2v) is 9.18. The van der Waals surface area contributed by atoms with Crippen molar-refractivity contribution in [3.05, 3.63) is 29.8 Å². The zero-order chi connectivity index (χ0) is 17.9. The van der Waals surface area contributed by atoms with Crippen LogP contribution in [0.1, 0.15) is 68.6 Å². The highest BCUT2D eigenvalue weighted by Crippen LogP contribution is 2.25. The Labute approximate surface area is 150 Å². The van der Waals surface area contributed by atoms with Gasteiger partial charge in [-0.05, 0) is 56.9 Å². The number of sulfonamides is 1. The van der Waals surface area contributed by atoms with Gasteiger partial charge in [-0.15, -0.1) is 0 Å². The molecule has 138 valence electrons. The Bertz CT molecular complexity index is 694. The van der Waals surface area contributed by atoms with E-state index in [1.807, 2.05) is 6.92 Å². The molecule has 1 saturated heterocycles. The van der Waals surface area contributed by atoms with E-state index < -0.39 is 10.0 Å². The molecule has 0 bridgehead atoms. The molecule has 1 atom stereocenters. The van der Waals surface area contributed by atoms with Crippen molar-refractivity contribution in [3.8, 4) is 0 Å². The quantitative estimate of drug-likeness (QED) is 0.891. The number of nitrogens with zero attached hydrogens (tertiary/aromatic N) is 1. The van der Waals surface area contributed by atoms with Crippen LogP contribution in [0.2, 0.25) is 0 Å². The van der Waals surface area contributed by atoms with Gasteiger partial charge in [-0.1, -0.05) is 25.7 Å². The Morgan fingerprint density at radius 2 is 1.64 bits per heavy atom. The number of nitrogens with one attached hydrogen (secondary N) is 1. The predicted octanol–water partition coefficient (Wildman–Crippen LogP) is 3.31. The SMILES string of the molecule is C[C@H]1CCCCN1S(=O)(=O)c1ccc(C(=O)NC2CCCCC2)cc1. The molecule has 1 aliphatic carbocycles. The standard InChI is InChI=1S/C19H28N2O3S/c1-15-7-5-6-14-21(15)25(23,24)18-12-10-16(11-13-18)19(22)20-17-8-3-2-4-9-17/h10-13,15,17H,2-9,14H2,1H3,(H,20,22)/t15-/m0/s1. The highest BCUT2D eigenvalue weighted by Gasteiger charge is 2.31. The zero-order valence-electron chi connectivity index (χ0n) is 14.9. The van der Waals surface area contributed by atoms with E-state index in [9.17, 15) is 13.2 Å². The maximum atomic E-state index is 12.8. The number of piperidine rings is 1. The number of hydrogen-bond donors (Lipinski definition) is 1. The third-order valence-electron chi connectivity index (χ3n) is 5.41. The van der Waals surface area contributed by atoms with Crippen LogP contribution in [0.4, 0.5) is 0 Å². The molecule has 5 nitrogen and oxygen atoms in total. The lowest BCUT2D eigenvalue weighted by Crippen LogP contribution is -2.41. The van der Waals surface area contributed by atoms with Crippen LogP contribution in [-0.4, -0.2) is 37.3 Å². The minimum Gasteiger partial charge on any atom is -0.349 e. The van der Waals surface area contributed by atoms with Gasteiger partial charge in [-0.25, -0.2) is 8.42 Å². The first kappa shape index (κ1) is 18.4. The van der Waals surface area contributed by atoms with E-state index >= 15 is 0 Å². The highest BCUT2D eigenvalue weighted by atomic mass is 32.2. The van der Waals surface area contributed by atoms with Gasteiger partial charge in [-0.3, -0.25) is 4.79 Å². The van der Waals surface area contributed by atoms with Crippen molar-refractivity contribution in [1.82, 2.24) is 9.62 Å². The van der Waals surface area contributed by atoms with E-state index in [0.29, 0.717) is 12.1 Å². The molecule has 2 fully saturated rings. The van der Waals surface area contributed by atoms with Gasteiger partial charge in [0, 0.05) is 24.2 Å². The first-order chi connectivity index (χ1) is 12.0. The molecule has 1 saturated carbocycles. The van der Waals surface area contributed by atoms with E-state index in [2.05, 4.69) is 5.32 Å². The van der Waals surface area contributed by atoms with Crippen molar-refractivity contribution in [3.63, 3.8) is 0 Å². The summed E-state index contributed by atoms with van der Waals surface area (Å²) in [5, 5.41) is 3.06. The Balaban J connectivity index is 1.69. The van der Waals surface area contributed by atoms with E-state index in [1.54, 1.807) is 28.6 Å². The molecule has 1 aromatic carbocycles. The van der Waals surface area contributed by atoms with Gasteiger partial charge >= 0.3 is 0 Å². The van der Waals surface area contributed by atoms with Gasteiger partial charge in [-0.2, -0.15) is 4.31 Å². The molecule has 0 spiro atoms. The fourth-order valence-corrected chi connectivity index (χ4v) is 5.56. The summed E-state index contributed by atoms with van der Waals surface area (Å²) >= 11 is 0. The van der Waals surface area contributed by atoms with E-state index in [4.69, 9.17) is 0 Å². The number of benzene rings is 1. The number of carbonyl (C=O) groups is 1. The zero-order valence-corrected chi connectivity index (χ0v) is 15.7. The molecule has 6 heteroatoms. The van der Waals surface area contributed by atoms with Crippen molar-refractivity contribution in [2.24, 2.45) is 0 Å². The summed E-state index contributed by atoms with van der Waals surface area (Å²) in [6.45, 7) is 2.54. The first-order valence-corrected chi connectivity index (χ1v) is 10.9. The molecule has 1 heterocycles. The molecule has 25 heavy (non-hydrogen) atoms. The fourth-order valence-electron chi connectivity index (χ4n) is 3.86. The topological polar surface area (TPSA) is 66.5 Å². The molecular weight excluding hydrogens is 336 g/mol. The summed E-state index contributed by atoms with van der Waals surface area (Å²) in [6.07, 6.45) is 8.52. The lowest BCUT2D eigenvalue weighted by molar-refractivity contribution is 0.0927. The van der Waals surface area contributed by atoms with Crippen LogP contribution in [-0.2, 0) is 10.0 Å². The van der Waals surface area contributed by atoms with E-state index in [-0.39, 0.29) is 22.9 Å². The monoisotopic (exact) mass is 364 g/mol. The summed E-state index contributed by atoms with van der Waals surface area (Å²) in [5.74, 6) is -0.109. The van der Waals surface area contributed by atoms with Gasteiger partial charge in [0.2, 0.25) is 10.0 Å². The fraction of sp³-hybridized carbons (Fsp3) is 0.632. The van der Waals surface area contributed by atoms with Crippen LogP contribution in [0.15, 0.2) is 29.2 Å². The van der Waals surface area contributed by atoms with Gasteiger partial charge in [0.25, 0.3) is 5.91 Å². The molecule has 0 unspecified atom stereocenters. The number of amides is 1. The van der Waals surface area contributed by atoms with Crippen LogP contribution in [0.5, 0.6) is 0 Å². The van der Waals surface area contributed by atoms with Gasteiger partial charge < -0.3 is 5.32 Å². The molecule has 0 radical (unpaired) electrons. The number of hydrogen-bond acceptors (Lipinski definition) is 3. The van der Waals surface area contributed by atoms with Crippen LogP contribution in [0.3, 0.4) is 0 Å². The normalized spacial score (nSPS) is 23.3. The van der Waals surface area contributed by atoms with Crippen molar-refractivity contribution in [2.45, 2.75) is 75.3 Å². The summed E-state index contributed by atoms with van der Waals surface area (Å²) in [6, 6.07) is 6.66. The second kappa shape index (κ2) is 7.87. The smallest absolute Gasteiger partial charge is 0.251 e. The predicted molar refractivity (Wildman–Crippen MR) is 98.0 cm³/mol. The number of carbonyl (C=O) groups excluding carboxylic acids is 1. The lowest BCUT2D eigenvalue weighted by atomic mass is 9.95. The third kappa shape index (κ3) is 4.23. The van der Waals surface area contributed by atoms with Crippen molar-refractivity contribution in [2.75, 3.05) is 6.54 Å². The Morgan fingerprint density at radius 3 is 2.28 bits per heavy atom. The molecule has 0 aromatic heterocycles. The number of rotatable bonds is 4. The Hall–Kier alpha value is -1.40. The summed E-state index contributed by atoms with van der Waals surface area (Å²) in [5.41, 5.74) is 0.524. The van der Waals surface area contributed by atoms with Crippen LogP contribution in [0.25, 0.3) is 0 Å². The Kier molecular flexibility index (Phi) is 5.79. The largest absolute Gasteiger partial charge is 0.349 e. The molecule has 3 rings (SSSR count). The van der Waals surface area contributed by atoms with Crippen LogP contribution < -0.4 is 5.32 Å². The molecule has 1 N–H and O–H groups in total. The van der Waals surface area contributed by atoms with E-state index in [1.165, 1.54) is 6.42 Å². The first-order valence-electron chi connectivity index (χ1n) is 9.41. The minimum atomic E-state index is -3.48. The van der Waals surface area contributed by atoms with Crippen molar-refractivity contribution >= 4 is 15.9 Å². The van der Waals surface area contributed by atoms with Gasteiger partial charge in [0.05, 0.1) is 4.90 Å². The maximum absolute atomic E-state index is 12.8.